The van der Waals surface area contributed by atoms with Crippen LogP contribution >= 0.6 is 0 Å². The Morgan fingerprint density at radius 2 is 1.80 bits per heavy atom. The molecule has 0 aliphatic heterocycles. The summed E-state index contributed by atoms with van der Waals surface area (Å²) < 4.78 is 5.13. The molecular formula is C12H16N2O. The van der Waals surface area contributed by atoms with E-state index >= 15 is 0 Å². The molecule has 1 rings (SSSR count). The lowest BCUT2D eigenvalue weighted by Crippen LogP contribution is -2.08. The fraction of sp³-hybridized carbons (Fsp3) is 0.667. The average molecular weight is 204 g/mol. The number of allylic oxidation sites excluding steroid dienone is 2. The van der Waals surface area contributed by atoms with E-state index in [-0.39, 0.29) is 5.57 Å². The largest absolute Gasteiger partial charge is 0.499 e. The highest BCUT2D eigenvalue weighted by atomic mass is 16.5. The highest BCUT2D eigenvalue weighted by molar-refractivity contribution is 5.38. The number of ether oxygens (including phenoxy) is 1. The van der Waals surface area contributed by atoms with Crippen LogP contribution in [-0.4, -0.2) is 7.11 Å². The van der Waals surface area contributed by atoms with Crippen LogP contribution < -0.4 is 0 Å². The summed E-state index contributed by atoms with van der Waals surface area (Å²) in [6.07, 6.45) is 6.96. The van der Waals surface area contributed by atoms with Crippen molar-refractivity contribution in [1.29, 1.82) is 10.5 Å². The predicted octanol–water partition coefficient (Wildman–Crippen LogP) is 2.90. The first-order chi connectivity index (χ1) is 7.31. The molecule has 0 amide bonds. The summed E-state index contributed by atoms with van der Waals surface area (Å²) in [5, 5.41) is 17.5. The Morgan fingerprint density at radius 1 is 1.20 bits per heavy atom. The van der Waals surface area contributed by atoms with Crippen molar-refractivity contribution in [2.45, 2.75) is 38.5 Å². The van der Waals surface area contributed by atoms with Crippen molar-refractivity contribution < 1.29 is 4.74 Å². The second kappa shape index (κ2) is 6.09. The molecule has 0 unspecified atom stereocenters. The van der Waals surface area contributed by atoms with Crippen LogP contribution in [0.1, 0.15) is 38.5 Å². The van der Waals surface area contributed by atoms with Gasteiger partial charge < -0.3 is 4.74 Å². The summed E-state index contributed by atoms with van der Waals surface area (Å²) in [4.78, 5) is 0. The van der Waals surface area contributed by atoms with Gasteiger partial charge in [-0.2, -0.15) is 10.5 Å². The quantitative estimate of drug-likeness (QED) is 0.524. The SMILES string of the molecule is COC(CC1CCCCC1)=C(C#N)C#N. The summed E-state index contributed by atoms with van der Waals surface area (Å²) >= 11 is 0. The van der Waals surface area contributed by atoms with Gasteiger partial charge in [-0.05, 0) is 5.92 Å². The van der Waals surface area contributed by atoms with Crippen LogP contribution in [0.2, 0.25) is 0 Å². The molecular weight excluding hydrogens is 188 g/mol. The van der Waals surface area contributed by atoms with E-state index in [2.05, 4.69) is 0 Å². The molecule has 1 aliphatic carbocycles. The molecule has 0 aromatic heterocycles. The molecule has 0 aromatic carbocycles. The fourth-order valence-corrected chi connectivity index (χ4v) is 2.09. The van der Waals surface area contributed by atoms with E-state index in [0.717, 1.165) is 6.42 Å². The molecule has 0 atom stereocenters. The molecule has 0 radical (unpaired) electrons. The van der Waals surface area contributed by atoms with Crippen LogP contribution in [0.25, 0.3) is 0 Å². The molecule has 15 heavy (non-hydrogen) atoms. The minimum absolute atomic E-state index is 0.128. The van der Waals surface area contributed by atoms with Gasteiger partial charge in [0.2, 0.25) is 0 Å². The molecule has 0 aromatic rings. The summed E-state index contributed by atoms with van der Waals surface area (Å²) in [7, 11) is 1.53. The molecule has 0 spiro atoms. The maximum atomic E-state index is 8.75. The van der Waals surface area contributed by atoms with Gasteiger partial charge in [0.1, 0.15) is 17.9 Å². The van der Waals surface area contributed by atoms with Crippen LogP contribution in [0.4, 0.5) is 0 Å². The van der Waals surface area contributed by atoms with Crippen LogP contribution in [0.3, 0.4) is 0 Å². The Kier molecular flexibility index (Phi) is 4.71. The predicted molar refractivity (Wildman–Crippen MR) is 56.5 cm³/mol. The Morgan fingerprint density at radius 3 is 2.27 bits per heavy atom. The molecule has 3 nitrogen and oxygen atoms in total. The Balaban J connectivity index is 2.65. The maximum absolute atomic E-state index is 8.75. The minimum atomic E-state index is 0.128. The van der Waals surface area contributed by atoms with Crippen molar-refractivity contribution >= 4 is 0 Å². The monoisotopic (exact) mass is 204 g/mol. The van der Waals surface area contributed by atoms with Crippen LogP contribution in [0.5, 0.6) is 0 Å². The topological polar surface area (TPSA) is 56.8 Å². The Bertz CT molecular complexity index is 297. The molecule has 0 N–H and O–H groups in total. The number of nitriles is 2. The number of hydrogen-bond donors (Lipinski definition) is 0. The lowest BCUT2D eigenvalue weighted by molar-refractivity contribution is 0.238. The van der Waals surface area contributed by atoms with Crippen LogP contribution in [0.15, 0.2) is 11.3 Å². The number of nitrogens with zero attached hydrogens (tertiary/aromatic N) is 2. The maximum Gasteiger partial charge on any atom is 0.167 e. The standard InChI is InChI=1S/C12H16N2O/c1-15-12(11(8-13)9-14)7-10-5-3-2-4-6-10/h10H,2-7H2,1H3. The molecule has 80 valence electrons. The van der Waals surface area contributed by atoms with E-state index in [4.69, 9.17) is 15.3 Å². The lowest BCUT2D eigenvalue weighted by atomic mass is 9.86. The van der Waals surface area contributed by atoms with Crippen LogP contribution in [-0.2, 0) is 4.74 Å². The molecule has 1 fully saturated rings. The first-order valence-corrected chi connectivity index (χ1v) is 5.39. The van der Waals surface area contributed by atoms with Gasteiger partial charge in [0.25, 0.3) is 0 Å². The molecule has 1 saturated carbocycles. The molecule has 3 heteroatoms. The van der Waals surface area contributed by atoms with Crippen molar-refractivity contribution in [2.24, 2.45) is 5.92 Å². The molecule has 1 aliphatic rings. The Hall–Kier alpha value is -1.48. The zero-order chi connectivity index (χ0) is 11.1. The normalized spacial score (nSPS) is 16.2. The summed E-state index contributed by atoms with van der Waals surface area (Å²) in [5.74, 6) is 1.15. The van der Waals surface area contributed by atoms with Gasteiger partial charge in [-0.3, -0.25) is 0 Å². The third-order valence-corrected chi connectivity index (χ3v) is 2.95. The zero-order valence-electron chi connectivity index (χ0n) is 9.12. The summed E-state index contributed by atoms with van der Waals surface area (Å²) in [6, 6.07) is 3.77. The molecule has 0 bridgehead atoms. The third kappa shape index (κ3) is 3.29. The Labute approximate surface area is 91.0 Å². The van der Waals surface area contributed by atoms with E-state index in [1.54, 1.807) is 0 Å². The second-order valence-electron chi connectivity index (χ2n) is 3.93. The van der Waals surface area contributed by atoms with E-state index in [9.17, 15) is 0 Å². The van der Waals surface area contributed by atoms with Crippen molar-refractivity contribution in [3.8, 4) is 12.1 Å². The van der Waals surface area contributed by atoms with Gasteiger partial charge in [-0.15, -0.1) is 0 Å². The van der Waals surface area contributed by atoms with E-state index in [1.807, 2.05) is 12.1 Å². The van der Waals surface area contributed by atoms with Crippen molar-refractivity contribution in [2.75, 3.05) is 7.11 Å². The van der Waals surface area contributed by atoms with Gasteiger partial charge in [0.05, 0.1) is 7.11 Å². The zero-order valence-corrected chi connectivity index (χ0v) is 9.12. The molecule has 0 heterocycles. The van der Waals surface area contributed by atoms with Crippen molar-refractivity contribution in [1.82, 2.24) is 0 Å². The van der Waals surface area contributed by atoms with Crippen LogP contribution in [0, 0.1) is 28.6 Å². The van der Waals surface area contributed by atoms with Crippen molar-refractivity contribution in [3.05, 3.63) is 11.3 Å². The first-order valence-electron chi connectivity index (χ1n) is 5.39. The second-order valence-corrected chi connectivity index (χ2v) is 3.93. The first kappa shape index (κ1) is 11.6. The fourth-order valence-electron chi connectivity index (χ4n) is 2.09. The number of hydrogen-bond acceptors (Lipinski definition) is 3. The lowest BCUT2D eigenvalue weighted by Gasteiger charge is -2.22. The van der Waals surface area contributed by atoms with E-state index in [1.165, 1.54) is 39.2 Å². The van der Waals surface area contributed by atoms with Gasteiger partial charge in [-0.1, -0.05) is 32.1 Å². The highest BCUT2D eigenvalue weighted by Gasteiger charge is 2.17. The minimum Gasteiger partial charge on any atom is -0.499 e. The summed E-state index contributed by atoms with van der Waals surface area (Å²) in [5.41, 5.74) is 0.128. The average Bonchev–Trinajstić information content (AvgIpc) is 2.30. The summed E-state index contributed by atoms with van der Waals surface area (Å²) in [6.45, 7) is 0. The number of rotatable bonds is 3. The van der Waals surface area contributed by atoms with E-state index in [0.29, 0.717) is 11.7 Å². The smallest absolute Gasteiger partial charge is 0.167 e. The van der Waals surface area contributed by atoms with Gasteiger partial charge >= 0.3 is 0 Å². The number of methoxy groups -OCH3 is 1. The highest BCUT2D eigenvalue weighted by Crippen LogP contribution is 2.29. The van der Waals surface area contributed by atoms with Gasteiger partial charge in [0, 0.05) is 6.42 Å². The van der Waals surface area contributed by atoms with Crippen molar-refractivity contribution in [3.63, 3.8) is 0 Å². The molecule has 0 saturated heterocycles. The van der Waals surface area contributed by atoms with Gasteiger partial charge in [-0.25, -0.2) is 0 Å². The van der Waals surface area contributed by atoms with Gasteiger partial charge in [0.15, 0.2) is 5.57 Å². The van der Waals surface area contributed by atoms with E-state index < -0.39 is 0 Å². The third-order valence-electron chi connectivity index (χ3n) is 2.95.